The molecular formula is C15H17NO7. The molecule has 0 amide bonds. The van der Waals surface area contributed by atoms with E-state index in [9.17, 15) is 4.79 Å². The molecule has 23 heavy (non-hydrogen) atoms. The molecule has 2 heterocycles. The Morgan fingerprint density at radius 2 is 1.96 bits per heavy atom. The minimum Gasteiger partial charge on any atom is -0.493 e. The van der Waals surface area contributed by atoms with Crippen molar-refractivity contribution in [2.45, 2.75) is 13.0 Å². The maximum absolute atomic E-state index is 11.7. The lowest BCUT2D eigenvalue weighted by molar-refractivity contribution is -0.133. The molecule has 124 valence electrons. The van der Waals surface area contributed by atoms with Crippen LogP contribution in [0.1, 0.15) is 18.6 Å². The first-order valence-corrected chi connectivity index (χ1v) is 6.98. The normalized spacial score (nSPS) is 21.5. The Balaban J connectivity index is 2.03. The number of benzene rings is 1. The van der Waals surface area contributed by atoms with E-state index in [4.69, 9.17) is 28.5 Å². The number of nitrogens with zero attached hydrogens (tertiary/aromatic N) is 1. The van der Waals surface area contributed by atoms with Gasteiger partial charge >= 0.3 is 5.97 Å². The zero-order chi connectivity index (χ0) is 16.6. The first-order valence-electron chi connectivity index (χ1n) is 6.98. The third-order valence-corrected chi connectivity index (χ3v) is 3.87. The molecule has 1 aromatic carbocycles. The van der Waals surface area contributed by atoms with Gasteiger partial charge in [0.15, 0.2) is 23.3 Å². The quantitative estimate of drug-likeness (QED) is 0.779. The molecule has 2 aliphatic rings. The standard InChI is InChI=1S/C15H17NO7/c1-7-10(15(17)20-4)16-23-11(7)8-5-9(18-2)13-14(12(8)19-3)22-6-21-13/h5,7,11H,6H2,1-4H3/t7-,11-/m1/s1. The van der Waals surface area contributed by atoms with Crippen LogP contribution >= 0.6 is 0 Å². The smallest absolute Gasteiger partial charge is 0.356 e. The number of carbonyl (C=O) groups excluding carboxylic acids is 1. The highest BCUT2D eigenvalue weighted by Gasteiger charge is 2.40. The third kappa shape index (κ3) is 2.30. The van der Waals surface area contributed by atoms with Gasteiger partial charge in [0.25, 0.3) is 0 Å². The molecule has 0 bridgehead atoms. The number of oxime groups is 1. The van der Waals surface area contributed by atoms with Gasteiger partial charge in [-0.1, -0.05) is 12.1 Å². The highest BCUT2D eigenvalue weighted by molar-refractivity contribution is 6.37. The van der Waals surface area contributed by atoms with Crippen molar-refractivity contribution in [3.8, 4) is 23.0 Å². The molecule has 8 heteroatoms. The van der Waals surface area contributed by atoms with Crippen molar-refractivity contribution in [3.63, 3.8) is 0 Å². The average molecular weight is 323 g/mol. The molecule has 0 spiro atoms. The molecule has 0 radical (unpaired) electrons. The lowest BCUT2D eigenvalue weighted by atomic mass is 9.92. The number of esters is 1. The van der Waals surface area contributed by atoms with Gasteiger partial charge in [0, 0.05) is 5.56 Å². The van der Waals surface area contributed by atoms with Gasteiger partial charge < -0.3 is 28.5 Å². The molecule has 3 rings (SSSR count). The van der Waals surface area contributed by atoms with Gasteiger partial charge in [-0.25, -0.2) is 4.79 Å². The van der Waals surface area contributed by atoms with Crippen LogP contribution in [0.4, 0.5) is 0 Å². The predicted molar refractivity (Wildman–Crippen MR) is 78.1 cm³/mol. The van der Waals surface area contributed by atoms with Crippen molar-refractivity contribution in [3.05, 3.63) is 11.6 Å². The van der Waals surface area contributed by atoms with E-state index in [1.807, 2.05) is 6.92 Å². The third-order valence-electron chi connectivity index (χ3n) is 3.87. The van der Waals surface area contributed by atoms with Crippen molar-refractivity contribution < 1.29 is 33.3 Å². The van der Waals surface area contributed by atoms with E-state index in [2.05, 4.69) is 5.16 Å². The summed E-state index contributed by atoms with van der Waals surface area (Å²) >= 11 is 0. The Labute approximate surface area is 132 Å². The maximum atomic E-state index is 11.7. The minimum absolute atomic E-state index is 0.0799. The fraction of sp³-hybridized carbons (Fsp3) is 0.467. The van der Waals surface area contributed by atoms with E-state index in [1.165, 1.54) is 21.3 Å². The van der Waals surface area contributed by atoms with Gasteiger partial charge in [-0.3, -0.25) is 0 Å². The summed E-state index contributed by atoms with van der Waals surface area (Å²) in [7, 11) is 4.35. The van der Waals surface area contributed by atoms with E-state index in [0.717, 1.165) is 0 Å². The molecule has 0 aliphatic carbocycles. The Morgan fingerprint density at radius 1 is 1.22 bits per heavy atom. The van der Waals surface area contributed by atoms with Gasteiger partial charge in [0.05, 0.1) is 27.2 Å². The van der Waals surface area contributed by atoms with Gasteiger partial charge in [0.1, 0.15) is 0 Å². The second kappa shape index (κ2) is 5.86. The van der Waals surface area contributed by atoms with Crippen LogP contribution in [0, 0.1) is 5.92 Å². The molecule has 0 fully saturated rings. The first-order chi connectivity index (χ1) is 11.1. The maximum Gasteiger partial charge on any atom is 0.356 e. The molecule has 0 aromatic heterocycles. The van der Waals surface area contributed by atoms with Crippen LogP contribution in [0.2, 0.25) is 0 Å². The van der Waals surface area contributed by atoms with E-state index in [1.54, 1.807) is 6.07 Å². The van der Waals surface area contributed by atoms with Crippen molar-refractivity contribution in [1.82, 2.24) is 0 Å². The van der Waals surface area contributed by atoms with Crippen LogP contribution in [-0.2, 0) is 14.4 Å². The first kappa shape index (κ1) is 15.3. The molecule has 2 aliphatic heterocycles. The monoisotopic (exact) mass is 323 g/mol. The Kier molecular flexibility index (Phi) is 3.89. The van der Waals surface area contributed by atoms with E-state index in [0.29, 0.717) is 28.6 Å². The number of fused-ring (bicyclic) bond motifs is 1. The van der Waals surface area contributed by atoms with E-state index >= 15 is 0 Å². The van der Waals surface area contributed by atoms with Crippen molar-refractivity contribution >= 4 is 11.7 Å². The fourth-order valence-corrected chi connectivity index (χ4v) is 2.69. The largest absolute Gasteiger partial charge is 0.493 e. The zero-order valence-corrected chi connectivity index (χ0v) is 13.2. The topological polar surface area (TPSA) is 84.8 Å². The molecule has 2 atom stereocenters. The predicted octanol–water partition coefficient (Wildman–Crippen LogP) is 1.67. The molecule has 0 N–H and O–H groups in total. The number of carbonyl (C=O) groups is 1. The van der Waals surface area contributed by atoms with Gasteiger partial charge in [0.2, 0.25) is 18.3 Å². The average Bonchev–Trinajstić information content (AvgIpc) is 3.19. The number of methoxy groups -OCH3 is 3. The summed E-state index contributed by atoms with van der Waals surface area (Å²) in [6.45, 7) is 1.90. The van der Waals surface area contributed by atoms with Gasteiger partial charge in [-0.05, 0) is 6.07 Å². The zero-order valence-electron chi connectivity index (χ0n) is 13.2. The lowest BCUT2D eigenvalue weighted by Crippen LogP contribution is -2.23. The van der Waals surface area contributed by atoms with Crippen LogP contribution in [0.5, 0.6) is 23.0 Å². The Hall–Kier alpha value is -2.64. The van der Waals surface area contributed by atoms with Crippen LogP contribution < -0.4 is 18.9 Å². The molecule has 0 saturated heterocycles. The number of rotatable bonds is 4. The van der Waals surface area contributed by atoms with Crippen molar-refractivity contribution in [1.29, 1.82) is 0 Å². The number of ether oxygens (including phenoxy) is 5. The molecule has 1 aromatic rings. The van der Waals surface area contributed by atoms with Crippen molar-refractivity contribution in [2.24, 2.45) is 11.1 Å². The minimum atomic E-state index is -0.526. The molecule has 0 saturated carbocycles. The van der Waals surface area contributed by atoms with Crippen LogP contribution in [0.3, 0.4) is 0 Å². The highest BCUT2D eigenvalue weighted by Crippen LogP contribution is 2.53. The summed E-state index contributed by atoms with van der Waals surface area (Å²) < 4.78 is 26.4. The van der Waals surface area contributed by atoms with Crippen LogP contribution in [0.15, 0.2) is 11.2 Å². The lowest BCUT2D eigenvalue weighted by Gasteiger charge is -2.19. The van der Waals surface area contributed by atoms with Gasteiger partial charge in [-0.15, -0.1) is 0 Å². The summed E-state index contributed by atoms with van der Waals surface area (Å²) in [6.07, 6.45) is -0.526. The van der Waals surface area contributed by atoms with E-state index in [-0.39, 0.29) is 18.4 Å². The highest BCUT2D eigenvalue weighted by atomic mass is 16.7. The van der Waals surface area contributed by atoms with Crippen LogP contribution in [-0.4, -0.2) is 39.8 Å². The second-order valence-electron chi connectivity index (χ2n) is 5.05. The Bertz CT molecular complexity index is 670. The fourth-order valence-electron chi connectivity index (χ4n) is 2.69. The summed E-state index contributed by atoms with van der Waals surface area (Å²) in [5.74, 6) is 1.05. The molecule has 0 unspecified atom stereocenters. The number of hydrogen-bond acceptors (Lipinski definition) is 8. The summed E-state index contributed by atoms with van der Waals surface area (Å²) in [6, 6.07) is 1.74. The summed E-state index contributed by atoms with van der Waals surface area (Å²) in [5.41, 5.74) is 0.875. The molecule has 8 nitrogen and oxygen atoms in total. The Morgan fingerprint density at radius 3 is 2.61 bits per heavy atom. The van der Waals surface area contributed by atoms with Gasteiger partial charge in [-0.2, -0.15) is 0 Å². The summed E-state index contributed by atoms with van der Waals surface area (Å²) in [5, 5.41) is 3.84. The summed E-state index contributed by atoms with van der Waals surface area (Å²) in [4.78, 5) is 17.2. The SMILES string of the molecule is COC(=O)C1=NO[C@@H](c2cc(OC)c3c(c2OC)OCO3)[C@@H]1C. The van der Waals surface area contributed by atoms with Crippen molar-refractivity contribution in [2.75, 3.05) is 28.1 Å². The van der Waals surface area contributed by atoms with Crippen LogP contribution in [0.25, 0.3) is 0 Å². The number of hydrogen-bond donors (Lipinski definition) is 0. The van der Waals surface area contributed by atoms with E-state index < -0.39 is 12.1 Å². The second-order valence-corrected chi connectivity index (χ2v) is 5.05. The molecular weight excluding hydrogens is 306 g/mol.